The molecule has 29 heavy (non-hydrogen) atoms. The molecule has 1 aromatic heterocycles. The van der Waals surface area contributed by atoms with Gasteiger partial charge in [-0.1, -0.05) is 41.9 Å². The second kappa shape index (κ2) is 9.19. The van der Waals surface area contributed by atoms with Gasteiger partial charge in [-0.2, -0.15) is 0 Å². The van der Waals surface area contributed by atoms with Gasteiger partial charge in [0.2, 0.25) is 5.82 Å². The van der Waals surface area contributed by atoms with Crippen LogP contribution in [-0.4, -0.2) is 41.4 Å². The van der Waals surface area contributed by atoms with Crippen LogP contribution in [-0.2, 0) is 15.6 Å². The maximum absolute atomic E-state index is 12.3. The molecule has 1 amide bonds. The number of nitrogens with zero attached hydrogens (tertiary/aromatic N) is 3. The van der Waals surface area contributed by atoms with Crippen LogP contribution in [0.15, 0.2) is 54.6 Å². The Balaban J connectivity index is 1.52. The van der Waals surface area contributed by atoms with Gasteiger partial charge in [-0.3, -0.25) is 4.79 Å². The third-order valence-corrected chi connectivity index (χ3v) is 6.13. The van der Waals surface area contributed by atoms with Crippen molar-refractivity contribution in [3.8, 4) is 5.69 Å². The number of carbonyl (C=O) groups excluding carboxylic acids is 1. The standard InChI is InChI=1S/C20H21ClN4O3S/c1-15-23-19(24-25(15)18-10-8-17(21)9-11-18)20(26)22-12-5-13-29(27,28)14-16-6-3-2-4-7-16/h2-4,6-11H,5,12-14H2,1H3,(H,22,26). The van der Waals surface area contributed by atoms with Crippen LogP contribution in [0, 0.1) is 6.92 Å². The van der Waals surface area contributed by atoms with Crippen molar-refractivity contribution in [3.63, 3.8) is 0 Å². The zero-order chi connectivity index (χ0) is 20.9. The van der Waals surface area contributed by atoms with Gasteiger partial charge in [0.05, 0.1) is 17.2 Å². The minimum absolute atomic E-state index is 0.00592. The van der Waals surface area contributed by atoms with Crippen LogP contribution in [0.2, 0.25) is 5.02 Å². The fourth-order valence-electron chi connectivity index (χ4n) is 2.79. The van der Waals surface area contributed by atoms with E-state index in [1.807, 2.05) is 18.2 Å². The molecule has 0 bridgehead atoms. The summed E-state index contributed by atoms with van der Waals surface area (Å²) in [6.45, 7) is 1.97. The summed E-state index contributed by atoms with van der Waals surface area (Å²) in [6.07, 6.45) is 0.317. The van der Waals surface area contributed by atoms with Crippen molar-refractivity contribution in [3.05, 3.63) is 76.8 Å². The normalized spacial score (nSPS) is 11.4. The van der Waals surface area contributed by atoms with Crippen molar-refractivity contribution < 1.29 is 13.2 Å². The van der Waals surface area contributed by atoms with Crippen LogP contribution in [0.5, 0.6) is 0 Å². The molecule has 0 aliphatic carbocycles. The number of carbonyl (C=O) groups is 1. The molecule has 3 rings (SSSR count). The summed E-state index contributed by atoms with van der Waals surface area (Å²) in [7, 11) is -3.24. The van der Waals surface area contributed by atoms with Gasteiger partial charge in [-0.25, -0.2) is 18.1 Å². The zero-order valence-electron chi connectivity index (χ0n) is 15.9. The number of hydrogen-bond acceptors (Lipinski definition) is 5. The van der Waals surface area contributed by atoms with Crippen molar-refractivity contribution >= 4 is 27.3 Å². The van der Waals surface area contributed by atoms with Gasteiger partial charge in [0.1, 0.15) is 5.82 Å². The van der Waals surface area contributed by atoms with Crippen LogP contribution >= 0.6 is 11.6 Å². The lowest BCUT2D eigenvalue weighted by molar-refractivity contribution is 0.0943. The Morgan fingerprint density at radius 1 is 1.10 bits per heavy atom. The van der Waals surface area contributed by atoms with Crippen molar-refractivity contribution in [2.24, 2.45) is 0 Å². The van der Waals surface area contributed by atoms with Crippen LogP contribution in [0.1, 0.15) is 28.4 Å². The van der Waals surface area contributed by atoms with Gasteiger partial charge < -0.3 is 5.32 Å². The smallest absolute Gasteiger partial charge is 0.290 e. The number of amides is 1. The number of nitrogens with one attached hydrogen (secondary N) is 1. The molecule has 3 aromatic rings. The molecule has 0 saturated carbocycles. The van der Waals surface area contributed by atoms with E-state index in [4.69, 9.17) is 11.6 Å². The van der Waals surface area contributed by atoms with Crippen molar-refractivity contribution in [2.75, 3.05) is 12.3 Å². The maximum Gasteiger partial charge on any atom is 0.290 e. The summed E-state index contributed by atoms with van der Waals surface area (Å²) in [5.74, 6) is 0.135. The summed E-state index contributed by atoms with van der Waals surface area (Å²) in [5.41, 5.74) is 1.49. The highest BCUT2D eigenvalue weighted by molar-refractivity contribution is 7.90. The monoisotopic (exact) mass is 432 g/mol. The van der Waals surface area contributed by atoms with Gasteiger partial charge in [-0.15, -0.1) is 5.10 Å². The lowest BCUT2D eigenvalue weighted by atomic mass is 10.2. The quantitative estimate of drug-likeness (QED) is 0.552. The van der Waals surface area contributed by atoms with E-state index >= 15 is 0 Å². The highest BCUT2D eigenvalue weighted by Gasteiger charge is 2.16. The van der Waals surface area contributed by atoms with Crippen molar-refractivity contribution in [1.82, 2.24) is 20.1 Å². The predicted octanol–water partition coefficient (Wildman–Crippen LogP) is 2.96. The molecule has 0 atom stereocenters. The van der Waals surface area contributed by atoms with E-state index < -0.39 is 15.7 Å². The Kier molecular flexibility index (Phi) is 6.66. The lowest BCUT2D eigenvalue weighted by Gasteiger charge is -2.05. The zero-order valence-corrected chi connectivity index (χ0v) is 17.4. The SMILES string of the molecule is Cc1nc(C(=O)NCCCS(=O)(=O)Cc2ccccc2)nn1-c1ccc(Cl)cc1. The van der Waals surface area contributed by atoms with Gasteiger partial charge in [0.15, 0.2) is 9.84 Å². The highest BCUT2D eigenvalue weighted by Crippen LogP contribution is 2.14. The average Bonchev–Trinajstić information content (AvgIpc) is 3.08. The van der Waals surface area contributed by atoms with E-state index in [9.17, 15) is 13.2 Å². The Hall–Kier alpha value is -2.71. The molecule has 7 nitrogen and oxygen atoms in total. The third kappa shape index (κ3) is 5.88. The molecule has 2 aromatic carbocycles. The first kappa shape index (κ1) is 21.0. The van der Waals surface area contributed by atoms with Gasteiger partial charge in [-0.05, 0) is 43.2 Å². The molecule has 1 heterocycles. The molecule has 0 radical (unpaired) electrons. The molecule has 0 fully saturated rings. The van der Waals surface area contributed by atoms with Crippen LogP contribution < -0.4 is 5.32 Å². The van der Waals surface area contributed by atoms with E-state index in [2.05, 4.69) is 15.4 Å². The molecule has 0 aliphatic heterocycles. The van der Waals surface area contributed by atoms with E-state index in [1.54, 1.807) is 48.0 Å². The second-order valence-electron chi connectivity index (χ2n) is 6.56. The molecular weight excluding hydrogens is 412 g/mol. The van der Waals surface area contributed by atoms with Crippen LogP contribution in [0.25, 0.3) is 5.69 Å². The van der Waals surface area contributed by atoms with E-state index in [-0.39, 0.29) is 23.9 Å². The first-order chi connectivity index (χ1) is 13.8. The van der Waals surface area contributed by atoms with Gasteiger partial charge >= 0.3 is 0 Å². The number of rotatable bonds is 8. The van der Waals surface area contributed by atoms with Crippen molar-refractivity contribution in [2.45, 2.75) is 19.1 Å². The minimum Gasteiger partial charge on any atom is -0.349 e. The van der Waals surface area contributed by atoms with E-state index in [1.165, 1.54) is 0 Å². The summed E-state index contributed by atoms with van der Waals surface area (Å²) in [6, 6.07) is 16.0. The first-order valence-corrected chi connectivity index (χ1v) is 11.3. The lowest BCUT2D eigenvalue weighted by Crippen LogP contribution is -2.27. The largest absolute Gasteiger partial charge is 0.349 e. The topological polar surface area (TPSA) is 93.9 Å². The maximum atomic E-state index is 12.3. The molecule has 0 unspecified atom stereocenters. The fourth-order valence-corrected chi connectivity index (χ4v) is 4.34. The Morgan fingerprint density at radius 2 is 1.79 bits per heavy atom. The molecule has 0 spiro atoms. The Labute approximate surface area is 174 Å². The van der Waals surface area contributed by atoms with Gasteiger partial charge in [0, 0.05) is 11.6 Å². The number of sulfone groups is 1. The summed E-state index contributed by atoms with van der Waals surface area (Å²) in [4.78, 5) is 16.5. The van der Waals surface area contributed by atoms with Crippen LogP contribution in [0.4, 0.5) is 0 Å². The average molecular weight is 433 g/mol. The predicted molar refractivity (Wildman–Crippen MR) is 112 cm³/mol. The fraction of sp³-hybridized carbons (Fsp3) is 0.250. The summed E-state index contributed by atoms with van der Waals surface area (Å²) in [5, 5.41) is 7.50. The number of aryl methyl sites for hydroxylation is 1. The Bertz CT molecular complexity index is 1080. The third-order valence-electron chi connectivity index (χ3n) is 4.19. The van der Waals surface area contributed by atoms with E-state index in [0.717, 1.165) is 11.3 Å². The second-order valence-corrected chi connectivity index (χ2v) is 9.18. The minimum atomic E-state index is -3.24. The first-order valence-electron chi connectivity index (χ1n) is 9.06. The molecule has 1 N–H and O–H groups in total. The van der Waals surface area contributed by atoms with Crippen LogP contribution in [0.3, 0.4) is 0 Å². The molecule has 0 saturated heterocycles. The molecule has 0 aliphatic rings. The molecule has 9 heteroatoms. The number of hydrogen-bond donors (Lipinski definition) is 1. The molecular formula is C20H21ClN4O3S. The Morgan fingerprint density at radius 3 is 2.48 bits per heavy atom. The number of benzene rings is 2. The van der Waals surface area contributed by atoms with Gasteiger partial charge in [0.25, 0.3) is 5.91 Å². The highest BCUT2D eigenvalue weighted by atomic mass is 35.5. The summed E-state index contributed by atoms with van der Waals surface area (Å²) < 4.78 is 25.9. The summed E-state index contributed by atoms with van der Waals surface area (Å²) >= 11 is 5.89. The van der Waals surface area contributed by atoms with E-state index in [0.29, 0.717) is 17.3 Å². The molecule has 152 valence electrons. The van der Waals surface area contributed by atoms with Crippen molar-refractivity contribution in [1.29, 1.82) is 0 Å². The number of halogens is 1. The number of aromatic nitrogens is 3.